The highest BCUT2D eigenvalue weighted by atomic mass is 35.5. The maximum absolute atomic E-state index is 13.3. The van der Waals surface area contributed by atoms with Crippen molar-refractivity contribution in [3.05, 3.63) is 0 Å². The van der Waals surface area contributed by atoms with Crippen molar-refractivity contribution in [1.82, 2.24) is 10.2 Å². The third kappa shape index (κ3) is 13.3. The molecule has 2 fully saturated rings. The van der Waals surface area contributed by atoms with Crippen molar-refractivity contribution >= 4 is 35.2 Å². The average Bonchev–Trinajstić information content (AvgIpc) is 3.36. The van der Waals surface area contributed by atoms with Crippen LogP contribution in [0.3, 0.4) is 0 Å². The van der Waals surface area contributed by atoms with Crippen LogP contribution in [0.15, 0.2) is 0 Å². The number of carbonyl (C=O) groups excluding carboxylic acids is 2. The lowest BCUT2D eigenvalue weighted by Crippen LogP contribution is -2.65. The van der Waals surface area contributed by atoms with Crippen LogP contribution >= 0.6 is 23.4 Å². The van der Waals surface area contributed by atoms with Gasteiger partial charge in [0.15, 0.2) is 6.10 Å². The molecule has 0 aromatic heterocycles. The van der Waals surface area contributed by atoms with Gasteiger partial charge in [0.2, 0.25) is 5.91 Å². The Bertz CT molecular complexity index is 806. The highest BCUT2D eigenvalue weighted by Crippen LogP contribution is 2.33. The number of halogens is 1. The van der Waals surface area contributed by atoms with Crippen LogP contribution in [0.5, 0.6) is 0 Å². The molecule has 44 heavy (non-hydrogen) atoms. The number of amides is 1. The maximum Gasteiger partial charge on any atom is 0.306 e. The number of esters is 1. The first-order valence-electron chi connectivity index (χ1n) is 17.5. The minimum Gasteiger partial charge on any atom is -0.456 e. The summed E-state index contributed by atoms with van der Waals surface area (Å²) in [7, 11) is 1.95. The lowest BCUT2D eigenvalue weighted by molar-refractivity contribution is -0.218. The molecule has 0 aromatic rings. The van der Waals surface area contributed by atoms with Crippen molar-refractivity contribution in [2.24, 2.45) is 5.92 Å². The zero-order chi connectivity index (χ0) is 32.5. The second-order valence-corrected chi connectivity index (χ2v) is 14.8. The fourth-order valence-electron chi connectivity index (χ4n) is 6.72. The number of carbonyl (C=O) groups is 2. The zero-order valence-electron chi connectivity index (χ0n) is 28.2. The normalized spacial score (nSPS) is 29.0. The number of rotatable bonds is 22. The molecule has 2 aliphatic rings. The summed E-state index contributed by atoms with van der Waals surface area (Å²) >= 11 is 7.82. The van der Waals surface area contributed by atoms with Crippen LogP contribution in [0.1, 0.15) is 130 Å². The summed E-state index contributed by atoms with van der Waals surface area (Å²) < 4.78 is 11.9. The fourth-order valence-corrected chi connectivity index (χ4v) is 7.65. The molecule has 2 rings (SSSR count). The van der Waals surface area contributed by atoms with Gasteiger partial charge in [-0.1, -0.05) is 97.3 Å². The molecule has 2 unspecified atom stereocenters. The van der Waals surface area contributed by atoms with Gasteiger partial charge in [0.25, 0.3) is 0 Å². The highest BCUT2D eigenvalue weighted by Gasteiger charge is 2.50. The molecule has 2 heterocycles. The minimum absolute atomic E-state index is 0.152. The molecule has 2 aliphatic heterocycles. The average molecular weight is 663 g/mol. The van der Waals surface area contributed by atoms with E-state index in [4.69, 9.17) is 21.1 Å². The van der Waals surface area contributed by atoms with E-state index in [0.29, 0.717) is 5.92 Å². The van der Waals surface area contributed by atoms with E-state index in [1.54, 1.807) is 13.2 Å². The zero-order valence-corrected chi connectivity index (χ0v) is 29.8. The molecule has 0 bridgehead atoms. The second-order valence-electron chi connectivity index (χ2n) is 13.2. The second kappa shape index (κ2) is 22.1. The number of likely N-dealkylation sites (N-methyl/N-ethyl adjacent to an activating group) is 1. The summed E-state index contributed by atoms with van der Waals surface area (Å²) in [6.07, 6.45) is 16.3. The molecule has 2 saturated heterocycles. The van der Waals surface area contributed by atoms with Gasteiger partial charge in [-0.2, -0.15) is 0 Å². The largest absolute Gasteiger partial charge is 0.456 e. The van der Waals surface area contributed by atoms with E-state index in [-0.39, 0.29) is 18.4 Å². The van der Waals surface area contributed by atoms with E-state index in [9.17, 15) is 19.8 Å². The van der Waals surface area contributed by atoms with Crippen LogP contribution in [0.25, 0.3) is 0 Å². The van der Waals surface area contributed by atoms with Crippen LogP contribution in [0.4, 0.5) is 0 Å². The van der Waals surface area contributed by atoms with Crippen LogP contribution in [-0.2, 0) is 19.1 Å². The Kier molecular flexibility index (Phi) is 19.9. The molecular weight excluding hydrogens is 600 g/mol. The molecule has 1 amide bonds. The number of unbranched alkanes of at least 4 members (excludes halogenated alkanes) is 12. The standard InChI is InChI=1S/C34H63ClN2O6S/c1-6-8-9-10-11-12-13-14-15-16-17-18-19-21-27(38)42-32-30(40)29(39)31(43-34(32)44-5)28(24(3)35)36-33(41)26-22-25(20-7-2)23-37(26)4/h24-26,28-32,34,39-40H,6-23H2,1-5H3,(H,36,41)/t24-,25-,26-,28-,29-,30?,31-,32?,34-/m1/s1. The molecule has 0 aromatic carbocycles. The topological polar surface area (TPSA) is 108 Å². The van der Waals surface area contributed by atoms with Crippen molar-refractivity contribution in [2.45, 2.75) is 177 Å². The Balaban J connectivity index is 1.76. The Hall–Kier alpha value is -0.580. The third-order valence-electron chi connectivity index (χ3n) is 9.36. The number of likely N-dealkylation sites (tertiary alicyclic amines) is 1. The third-order valence-corrected chi connectivity index (χ3v) is 10.5. The quantitative estimate of drug-likeness (QED) is 0.0693. The van der Waals surface area contributed by atoms with E-state index in [2.05, 4.69) is 24.1 Å². The fraction of sp³-hybridized carbons (Fsp3) is 0.941. The molecule has 9 atom stereocenters. The number of nitrogens with zero attached hydrogens (tertiary/aromatic N) is 1. The van der Waals surface area contributed by atoms with E-state index >= 15 is 0 Å². The van der Waals surface area contributed by atoms with Gasteiger partial charge in [0.05, 0.1) is 17.5 Å². The van der Waals surface area contributed by atoms with Gasteiger partial charge in [0.1, 0.15) is 23.7 Å². The summed E-state index contributed by atoms with van der Waals surface area (Å²) in [5.74, 6) is -0.0742. The van der Waals surface area contributed by atoms with E-state index in [1.807, 2.05) is 7.05 Å². The SMILES string of the molecule is CCCCCCCCCCCCCCCC(=O)OC1C(O)[C@@H](O)[C@@H]([C@H](NC(=O)[C@H]2C[C@@H](CCC)CN2C)[C@@H](C)Cl)O[C@@H]1SC. The van der Waals surface area contributed by atoms with Gasteiger partial charge in [-0.05, 0) is 45.4 Å². The number of ether oxygens (including phenoxy) is 2. The summed E-state index contributed by atoms with van der Waals surface area (Å²) in [6, 6.07) is -1.00. The minimum atomic E-state index is -1.38. The smallest absolute Gasteiger partial charge is 0.306 e. The van der Waals surface area contributed by atoms with Gasteiger partial charge in [-0.15, -0.1) is 23.4 Å². The van der Waals surface area contributed by atoms with E-state index in [1.165, 1.54) is 76.0 Å². The maximum atomic E-state index is 13.3. The number of hydrogen-bond donors (Lipinski definition) is 3. The number of alkyl halides is 1. The first-order chi connectivity index (χ1) is 21.1. The van der Waals surface area contributed by atoms with Crippen LogP contribution in [0, 0.1) is 5.92 Å². The van der Waals surface area contributed by atoms with Gasteiger partial charge in [-0.25, -0.2) is 0 Å². The predicted octanol–water partition coefficient (Wildman–Crippen LogP) is 6.42. The lowest BCUT2D eigenvalue weighted by Gasteiger charge is -2.45. The molecule has 0 spiro atoms. The van der Waals surface area contributed by atoms with Crippen molar-refractivity contribution in [3.8, 4) is 0 Å². The Labute approximate surface area is 277 Å². The summed E-state index contributed by atoms with van der Waals surface area (Å²) in [4.78, 5) is 28.0. The number of aliphatic hydroxyl groups is 2. The summed E-state index contributed by atoms with van der Waals surface area (Å²) in [6.45, 7) is 7.01. The molecule has 8 nitrogen and oxygen atoms in total. The lowest BCUT2D eigenvalue weighted by atomic mass is 9.92. The Morgan fingerprint density at radius 3 is 2.05 bits per heavy atom. The monoisotopic (exact) mass is 662 g/mol. The van der Waals surface area contributed by atoms with Crippen molar-refractivity contribution < 1.29 is 29.3 Å². The molecule has 0 aliphatic carbocycles. The number of thioether (sulfide) groups is 1. The van der Waals surface area contributed by atoms with Gasteiger partial charge >= 0.3 is 5.97 Å². The summed E-state index contributed by atoms with van der Waals surface area (Å²) in [5, 5.41) is 24.6. The molecule has 3 N–H and O–H groups in total. The van der Waals surface area contributed by atoms with E-state index < -0.39 is 47.2 Å². The number of hydrogen-bond acceptors (Lipinski definition) is 8. The van der Waals surface area contributed by atoms with E-state index in [0.717, 1.165) is 45.1 Å². The van der Waals surface area contributed by atoms with Gasteiger partial charge < -0.3 is 25.0 Å². The summed E-state index contributed by atoms with van der Waals surface area (Å²) in [5.41, 5.74) is -0.702. The van der Waals surface area contributed by atoms with Crippen LogP contribution in [0.2, 0.25) is 0 Å². The number of aliphatic hydroxyl groups excluding tert-OH is 2. The predicted molar refractivity (Wildman–Crippen MR) is 181 cm³/mol. The van der Waals surface area contributed by atoms with Gasteiger partial charge in [0, 0.05) is 13.0 Å². The van der Waals surface area contributed by atoms with Gasteiger partial charge in [-0.3, -0.25) is 14.5 Å². The van der Waals surface area contributed by atoms with Crippen molar-refractivity contribution in [1.29, 1.82) is 0 Å². The highest BCUT2D eigenvalue weighted by molar-refractivity contribution is 7.99. The van der Waals surface area contributed by atoms with Crippen LogP contribution in [-0.4, -0.2) is 94.2 Å². The molecule has 0 saturated carbocycles. The first kappa shape index (κ1) is 39.6. The van der Waals surface area contributed by atoms with Crippen molar-refractivity contribution in [3.63, 3.8) is 0 Å². The van der Waals surface area contributed by atoms with Crippen molar-refractivity contribution in [2.75, 3.05) is 19.8 Å². The molecule has 10 heteroatoms. The number of nitrogens with one attached hydrogen (secondary N) is 1. The molecule has 258 valence electrons. The first-order valence-corrected chi connectivity index (χ1v) is 19.2. The Morgan fingerprint density at radius 1 is 0.955 bits per heavy atom. The molecule has 0 radical (unpaired) electrons. The van der Waals surface area contributed by atoms with Crippen LogP contribution < -0.4 is 5.32 Å². The molecular formula is C34H63ClN2O6S. The Morgan fingerprint density at radius 2 is 1.52 bits per heavy atom.